The maximum atomic E-state index is 14.0. The first-order valence-corrected chi connectivity index (χ1v) is 14.3. The lowest BCUT2D eigenvalue weighted by molar-refractivity contribution is -0.242. The van der Waals surface area contributed by atoms with Gasteiger partial charge in [-0.2, -0.15) is 13.2 Å². The highest BCUT2D eigenvalue weighted by Gasteiger charge is 2.51. The molecule has 1 aromatic heterocycles. The number of amides is 1. The lowest BCUT2D eigenvalue weighted by atomic mass is 9.98. The lowest BCUT2D eigenvalue weighted by Gasteiger charge is -2.36. The zero-order chi connectivity index (χ0) is 30.8. The van der Waals surface area contributed by atoms with Crippen molar-refractivity contribution in [1.29, 1.82) is 0 Å². The van der Waals surface area contributed by atoms with Gasteiger partial charge in [-0.15, -0.1) is 5.10 Å². The van der Waals surface area contributed by atoms with Gasteiger partial charge in [-0.05, 0) is 58.7 Å². The summed E-state index contributed by atoms with van der Waals surface area (Å²) in [6.07, 6.45) is -5.51. The van der Waals surface area contributed by atoms with Gasteiger partial charge in [-0.25, -0.2) is 13.2 Å². The van der Waals surface area contributed by atoms with Crippen LogP contribution in [-0.4, -0.2) is 66.4 Å². The molecule has 1 amide bonds. The Morgan fingerprint density at radius 3 is 2.49 bits per heavy atom. The molecular weight excluding hydrogens is 573 g/mol. The van der Waals surface area contributed by atoms with Gasteiger partial charge in [0.15, 0.2) is 4.90 Å². The molecule has 0 fully saturated rings. The number of sulfonamides is 1. The number of carboxylic acids is 1. The third kappa shape index (κ3) is 6.97. The second kappa shape index (κ2) is 12.0. The number of aliphatic carboxylic acids is 1. The molecule has 2 aromatic rings. The molecule has 0 aliphatic carbocycles. The largest absolute Gasteiger partial charge is 0.486 e. The van der Waals surface area contributed by atoms with Gasteiger partial charge in [-0.3, -0.25) is 19.1 Å². The summed E-state index contributed by atoms with van der Waals surface area (Å²) >= 11 is 0. The molecular formula is C25H33F3N4O8S. The van der Waals surface area contributed by atoms with Crippen molar-refractivity contribution in [1.82, 2.24) is 9.78 Å². The van der Waals surface area contributed by atoms with E-state index in [1.165, 1.54) is 29.1 Å². The molecule has 0 saturated carbocycles. The second-order valence-corrected chi connectivity index (χ2v) is 11.6. The number of nitrogens with zero attached hydrogens (tertiary/aromatic N) is 3. The molecule has 0 bridgehead atoms. The summed E-state index contributed by atoms with van der Waals surface area (Å²) in [6.45, 7) is 6.67. The zero-order valence-corrected chi connectivity index (χ0v) is 24.0. The van der Waals surface area contributed by atoms with Crippen molar-refractivity contribution in [3.63, 3.8) is 0 Å². The molecule has 228 valence electrons. The fourth-order valence-electron chi connectivity index (χ4n) is 4.01. The number of carboxylic acid groups (broad SMARTS) is 1. The van der Waals surface area contributed by atoms with E-state index in [1.54, 1.807) is 20.8 Å². The Morgan fingerprint density at radius 2 is 1.93 bits per heavy atom. The Hall–Kier alpha value is -3.69. The Balaban J connectivity index is 2.04. The summed E-state index contributed by atoms with van der Waals surface area (Å²) in [5, 5.41) is 15.9. The van der Waals surface area contributed by atoms with Crippen molar-refractivity contribution in [3.05, 3.63) is 24.4 Å². The van der Waals surface area contributed by atoms with Gasteiger partial charge in [-0.1, -0.05) is 6.92 Å². The van der Waals surface area contributed by atoms with E-state index in [1.807, 2.05) is 0 Å². The lowest BCUT2D eigenvalue weighted by Crippen LogP contribution is -2.45. The van der Waals surface area contributed by atoms with Crippen molar-refractivity contribution in [2.45, 2.75) is 76.8 Å². The minimum atomic E-state index is -4.83. The van der Waals surface area contributed by atoms with Crippen molar-refractivity contribution >= 4 is 33.5 Å². The highest BCUT2D eigenvalue weighted by molar-refractivity contribution is 7.93. The molecule has 2 atom stereocenters. The number of nitrogens with one attached hydrogen (secondary N) is 1. The molecule has 1 aliphatic rings. The van der Waals surface area contributed by atoms with E-state index >= 15 is 0 Å². The molecule has 16 heteroatoms. The number of halogens is 3. The van der Waals surface area contributed by atoms with Gasteiger partial charge in [0.1, 0.15) is 11.9 Å². The Morgan fingerprint density at radius 1 is 1.24 bits per heavy atom. The molecule has 12 nitrogen and oxygen atoms in total. The SMILES string of the molecule is CCOc1nn(CC)cc1S(=O)(=O)N1CC(CC(CC)C(=O)O)Oc2ccc(NC(=O)OC(C)(C)C(F)(F)F)cc21. The van der Waals surface area contributed by atoms with Crippen LogP contribution in [0.4, 0.5) is 29.3 Å². The highest BCUT2D eigenvalue weighted by atomic mass is 32.2. The average molecular weight is 607 g/mol. The number of benzene rings is 1. The summed E-state index contributed by atoms with van der Waals surface area (Å²) in [7, 11) is -4.40. The molecule has 0 spiro atoms. The predicted octanol–water partition coefficient (Wildman–Crippen LogP) is 4.65. The smallest absolute Gasteiger partial charge is 0.427 e. The number of aryl methyl sites for hydroxylation is 1. The number of hydrogen-bond donors (Lipinski definition) is 2. The molecule has 3 rings (SSSR count). The van der Waals surface area contributed by atoms with E-state index in [9.17, 15) is 36.3 Å². The van der Waals surface area contributed by atoms with Crippen LogP contribution in [0.3, 0.4) is 0 Å². The van der Waals surface area contributed by atoms with E-state index in [4.69, 9.17) is 9.47 Å². The van der Waals surface area contributed by atoms with E-state index in [0.717, 1.165) is 4.31 Å². The molecule has 2 heterocycles. The molecule has 2 N–H and O–H groups in total. The van der Waals surface area contributed by atoms with Crippen LogP contribution in [0.5, 0.6) is 11.6 Å². The third-order valence-electron chi connectivity index (χ3n) is 6.43. The Labute approximate surface area is 235 Å². The minimum absolute atomic E-state index is 0.00266. The van der Waals surface area contributed by atoms with Crippen LogP contribution in [0.1, 0.15) is 47.5 Å². The van der Waals surface area contributed by atoms with Crippen LogP contribution in [0.15, 0.2) is 29.3 Å². The minimum Gasteiger partial charge on any atom is -0.486 e. The van der Waals surface area contributed by atoms with Crippen LogP contribution < -0.4 is 19.1 Å². The molecule has 0 radical (unpaired) electrons. The van der Waals surface area contributed by atoms with Gasteiger partial charge in [0.25, 0.3) is 15.9 Å². The molecule has 0 saturated heterocycles. The maximum absolute atomic E-state index is 14.0. The first-order chi connectivity index (χ1) is 19.0. The van der Waals surface area contributed by atoms with E-state index in [2.05, 4.69) is 15.2 Å². The predicted molar refractivity (Wildman–Crippen MR) is 141 cm³/mol. The first-order valence-electron chi connectivity index (χ1n) is 12.9. The quantitative estimate of drug-likeness (QED) is 0.373. The Kier molecular flexibility index (Phi) is 9.35. The van der Waals surface area contributed by atoms with Gasteiger partial charge in [0.2, 0.25) is 5.60 Å². The fourth-order valence-corrected chi connectivity index (χ4v) is 5.59. The van der Waals surface area contributed by atoms with Crippen LogP contribution in [0.2, 0.25) is 0 Å². The summed E-state index contributed by atoms with van der Waals surface area (Å²) in [4.78, 5) is 23.7. The normalized spacial score (nSPS) is 16.4. The number of anilines is 2. The van der Waals surface area contributed by atoms with Crippen LogP contribution >= 0.6 is 0 Å². The zero-order valence-electron chi connectivity index (χ0n) is 23.2. The van der Waals surface area contributed by atoms with Crippen LogP contribution in [0, 0.1) is 5.92 Å². The highest BCUT2D eigenvalue weighted by Crippen LogP contribution is 2.41. The molecule has 2 unspecified atom stereocenters. The number of fused-ring (bicyclic) bond motifs is 1. The maximum Gasteiger partial charge on any atom is 0.427 e. The van der Waals surface area contributed by atoms with E-state index in [0.29, 0.717) is 20.4 Å². The summed E-state index contributed by atoms with van der Waals surface area (Å²) in [6, 6.07) is 3.84. The van der Waals surface area contributed by atoms with Gasteiger partial charge < -0.3 is 19.3 Å². The van der Waals surface area contributed by atoms with Crippen molar-refractivity contribution in [3.8, 4) is 11.6 Å². The summed E-state index contributed by atoms with van der Waals surface area (Å²) in [5.41, 5.74) is -2.89. The van der Waals surface area contributed by atoms with E-state index in [-0.39, 0.29) is 53.9 Å². The molecule has 1 aromatic carbocycles. The van der Waals surface area contributed by atoms with Crippen molar-refractivity contribution in [2.24, 2.45) is 5.92 Å². The number of carbonyl (C=O) groups excluding carboxylic acids is 1. The van der Waals surface area contributed by atoms with Crippen molar-refractivity contribution < 1.29 is 50.5 Å². The monoisotopic (exact) mass is 606 g/mol. The average Bonchev–Trinajstić information content (AvgIpc) is 3.29. The number of hydrogen-bond acceptors (Lipinski definition) is 8. The van der Waals surface area contributed by atoms with Crippen molar-refractivity contribution in [2.75, 3.05) is 22.8 Å². The first kappa shape index (κ1) is 31.8. The number of carbonyl (C=O) groups is 2. The topological polar surface area (TPSA) is 149 Å². The standard InChI is InChI=1S/C25H33F3N4O8S/c1-6-15(22(33)34)11-17-13-32(41(36,37)20-14-31(7-2)30-21(20)38-8-3)18-12-16(9-10-19(18)39-17)29-23(35)40-24(4,5)25(26,27)28/h9-10,12,14-15,17H,6-8,11,13H2,1-5H3,(H,29,35)(H,33,34). The summed E-state index contributed by atoms with van der Waals surface area (Å²) in [5.74, 6) is -1.94. The Bertz CT molecular complexity index is 1380. The third-order valence-corrected chi connectivity index (χ3v) is 8.19. The van der Waals surface area contributed by atoms with Crippen LogP contribution in [-0.2, 0) is 26.1 Å². The van der Waals surface area contributed by atoms with E-state index < -0.39 is 45.9 Å². The summed E-state index contributed by atoms with van der Waals surface area (Å²) < 4.78 is 85.9. The molecule has 41 heavy (non-hydrogen) atoms. The molecule has 1 aliphatic heterocycles. The fraction of sp³-hybridized carbons (Fsp3) is 0.560. The van der Waals surface area contributed by atoms with Gasteiger partial charge in [0.05, 0.1) is 24.8 Å². The van der Waals surface area contributed by atoms with Crippen LogP contribution in [0.25, 0.3) is 0 Å². The number of aromatic nitrogens is 2. The van der Waals surface area contributed by atoms with Gasteiger partial charge >= 0.3 is 18.2 Å². The number of rotatable bonds is 11. The number of alkyl halides is 3. The second-order valence-electron chi connectivity index (χ2n) is 9.75. The van der Waals surface area contributed by atoms with Gasteiger partial charge in [0, 0.05) is 18.4 Å². The number of ether oxygens (including phenoxy) is 3.